The predicted octanol–water partition coefficient (Wildman–Crippen LogP) is 9.67. The van der Waals surface area contributed by atoms with Gasteiger partial charge in [0.15, 0.2) is 0 Å². The first-order valence-corrected chi connectivity index (χ1v) is 12.0. The molecule has 7 aromatic rings. The molecule has 0 N–H and O–H groups in total. The van der Waals surface area contributed by atoms with Crippen LogP contribution in [0.2, 0.25) is 0 Å². The van der Waals surface area contributed by atoms with Gasteiger partial charge >= 0.3 is 0 Å². The van der Waals surface area contributed by atoms with Gasteiger partial charge < -0.3 is 9.32 Å². The Bertz CT molecular complexity index is 1860. The number of hydrogen-bond acceptors (Lipinski definition) is 2. The lowest BCUT2D eigenvalue weighted by Gasteiger charge is -2.28. The van der Waals surface area contributed by atoms with E-state index in [9.17, 15) is 0 Å². The molecule has 0 bridgehead atoms. The number of furan rings is 1. The average Bonchev–Trinajstić information content (AvgIpc) is 3.26. The maximum Gasteiger partial charge on any atom is 0.138 e. The number of fused-ring (bicyclic) bond motifs is 6. The molecule has 0 fully saturated rings. The lowest BCUT2D eigenvalue weighted by Crippen LogP contribution is -2.11. The fraction of sp³-hybridized carbons (Fsp3) is 0.0303. The van der Waals surface area contributed by atoms with Crippen LogP contribution in [0.1, 0.15) is 5.56 Å². The van der Waals surface area contributed by atoms with Crippen molar-refractivity contribution in [1.82, 2.24) is 0 Å². The SMILES string of the molecule is Cc1ccccc1N(c1ccccc1)c1cc2oc3cc4ccccc4cc3c2c2ccccc12. The monoisotopic (exact) mass is 449 g/mol. The Labute approximate surface area is 203 Å². The van der Waals surface area contributed by atoms with Crippen LogP contribution >= 0.6 is 0 Å². The molecule has 0 radical (unpaired) electrons. The molecule has 166 valence electrons. The summed E-state index contributed by atoms with van der Waals surface area (Å²) in [6.45, 7) is 2.17. The fourth-order valence-electron chi connectivity index (χ4n) is 5.29. The zero-order valence-corrected chi connectivity index (χ0v) is 19.4. The predicted molar refractivity (Wildman–Crippen MR) is 148 cm³/mol. The number of para-hydroxylation sites is 2. The molecule has 0 saturated heterocycles. The van der Waals surface area contributed by atoms with Crippen molar-refractivity contribution in [2.75, 3.05) is 4.90 Å². The zero-order chi connectivity index (χ0) is 23.4. The van der Waals surface area contributed by atoms with E-state index in [1.165, 1.54) is 32.5 Å². The largest absolute Gasteiger partial charge is 0.456 e. The van der Waals surface area contributed by atoms with Crippen molar-refractivity contribution in [1.29, 1.82) is 0 Å². The number of hydrogen-bond donors (Lipinski definition) is 0. The van der Waals surface area contributed by atoms with Gasteiger partial charge in [0.25, 0.3) is 0 Å². The maximum absolute atomic E-state index is 6.53. The van der Waals surface area contributed by atoms with Crippen molar-refractivity contribution in [3.8, 4) is 0 Å². The van der Waals surface area contributed by atoms with Gasteiger partial charge in [-0.2, -0.15) is 0 Å². The summed E-state index contributed by atoms with van der Waals surface area (Å²) in [6, 6.07) is 42.9. The summed E-state index contributed by atoms with van der Waals surface area (Å²) in [5.41, 5.74) is 6.42. The van der Waals surface area contributed by atoms with Crippen molar-refractivity contribution < 1.29 is 4.42 Å². The molecule has 0 aliphatic carbocycles. The Morgan fingerprint density at radius 3 is 1.97 bits per heavy atom. The van der Waals surface area contributed by atoms with Crippen LogP contribution in [0.4, 0.5) is 17.1 Å². The fourth-order valence-corrected chi connectivity index (χ4v) is 5.29. The van der Waals surface area contributed by atoms with E-state index >= 15 is 0 Å². The third-order valence-corrected chi connectivity index (χ3v) is 6.94. The molecule has 0 saturated carbocycles. The van der Waals surface area contributed by atoms with Crippen molar-refractivity contribution in [2.45, 2.75) is 6.92 Å². The third kappa shape index (κ3) is 3.11. The summed E-state index contributed by atoms with van der Waals surface area (Å²) >= 11 is 0. The Kier molecular flexibility index (Phi) is 4.40. The van der Waals surface area contributed by atoms with E-state index in [2.05, 4.69) is 133 Å². The minimum atomic E-state index is 0.901. The Morgan fingerprint density at radius 1 is 0.514 bits per heavy atom. The van der Waals surface area contributed by atoms with Gasteiger partial charge in [-0.1, -0.05) is 84.9 Å². The molecule has 0 aliphatic rings. The molecule has 0 atom stereocenters. The lowest BCUT2D eigenvalue weighted by atomic mass is 9.99. The number of nitrogens with zero attached hydrogens (tertiary/aromatic N) is 1. The number of benzene rings is 6. The molecular formula is C33H23NO. The first-order chi connectivity index (χ1) is 17.3. The van der Waals surface area contributed by atoms with Gasteiger partial charge in [0.05, 0.1) is 5.69 Å². The molecule has 1 heterocycles. The van der Waals surface area contributed by atoms with Crippen molar-refractivity contribution in [2.24, 2.45) is 0 Å². The van der Waals surface area contributed by atoms with Crippen LogP contribution in [0.15, 0.2) is 126 Å². The van der Waals surface area contributed by atoms with E-state index in [0.29, 0.717) is 0 Å². The summed E-state index contributed by atoms with van der Waals surface area (Å²) in [7, 11) is 0. The minimum Gasteiger partial charge on any atom is -0.456 e. The molecule has 0 aliphatic heterocycles. The van der Waals surface area contributed by atoms with Gasteiger partial charge in [-0.25, -0.2) is 0 Å². The second kappa shape index (κ2) is 7.75. The average molecular weight is 450 g/mol. The van der Waals surface area contributed by atoms with Crippen LogP contribution in [0.5, 0.6) is 0 Å². The topological polar surface area (TPSA) is 16.4 Å². The molecule has 2 nitrogen and oxygen atoms in total. The van der Waals surface area contributed by atoms with Crippen molar-refractivity contribution in [3.63, 3.8) is 0 Å². The van der Waals surface area contributed by atoms with Gasteiger partial charge in [-0.05, 0) is 59.0 Å². The molecule has 0 unspecified atom stereocenters. The van der Waals surface area contributed by atoms with E-state index < -0.39 is 0 Å². The van der Waals surface area contributed by atoms with Crippen LogP contribution < -0.4 is 4.90 Å². The number of anilines is 3. The molecular weight excluding hydrogens is 426 g/mol. The maximum atomic E-state index is 6.53. The highest BCUT2D eigenvalue weighted by Gasteiger charge is 2.21. The lowest BCUT2D eigenvalue weighted by molar-refractivity contribution is 0.670. The summed E-state index contributed by atoms with van der Waals surface area (Å²) in [4.78, 5) is 2.35. The number of rotatable bonds is 3. The summed E-state index contributed by atoms with van der Waals surface area (Å²) in [6.07, 6.45) is 0. The summed E-state index contributed by atoms with van der Waals surface area (Å²) in [5.74, 6) is 0. The van der Waals surface area contributed by atoms with Crippen LogP contribution in [0.25, 0.3) is 43.5 Å². The molecule has 7 rings (SSSR count). The third-order valence-electron chi connectivity index (χ3n) is 6.94. The van der Waals surface area contributed by atoms with Crippen LogP contribution in [-0.4, -0.2) is 0 Å². The first-order valence-electron chi connectivity index (χ1n) is 12.0. The van der Waals surface area contributed by atoms with Crippen LogP contribution in [0.3, 0.4) is 0 Å². The van der Waals surface area contributed by atoms with Gasteiger partial charge in [-0.15, -0.1) is 0 Å². The smallest absolute Gasteiger partial charge is 0.138 e. The quantitative estimate of drug-likeness (QED) is 0.267. The van der Waals surface area contributed by atoms with Crippen LogP contribution in [-0.2, 0) is 0 Å². The zero-order valence-electron chi connectivity index (χ0n) is 19.4. The van der Waals surface area contributed by atoms with E-state index in [4.69, 9.17) is 4.42 Å². The molecule has 35 heavy (non-hydrogen) atoms. The second-order valence-corrected chi connectivity index (χ2v) is 9.07. The summed E-state index contributed by atoms with van der Waals surface area (Å²) in [5, 5.41) is 7.13. The van der Waals surface area contributed by atoms with Gasteiger partial charge in [0.2, 0.25) is 0 Å². The van der Waals surface area contributed by atoms with E-state index in [0.717, 1.165) is 33.6 Å². The Morgan fingerprint density at radius 2 is 1.17 bits per heavy atom. The normalized spacial score (nSPS) is 11.6. The molecule has 2 heteroatoms. The van der Waals surface area contributed by atoms with E-state index in [1.807, 2.05) is 0 Å². The Balaban J connectivity index is 1.61. The van der Waals surface area contributed by atoms with E-state index in [1.54, 1.807) is 0 Å². The second-order valence-electron chi connectivity index (χ2n) is 9.07. The molecule has 6 aromatic carbocycles. The van der Waals surface area contributed by atoms with E-state index in [-0.39, 0.29) is 0 Å². The summed E-state index contributed by atoms with van der Waals surface area (Å²) < 4.78 is 6.53. The number of aryl methyl sites for hydroxylation is 1. The molecule has 1 aromatic heterocycles. The highest BCUT2D eigenvalue weighted by atomic mass is 16.3. The standard InChI is InChI=1S/C33H23NO/c1-22-11-5-10-18-29(22)34(25-14-3-2-4-15-25)30-21-32-33(27-17-9-8-16-26(27)30)28-19-23-12-6-7-13-24(23)20-31(28)35-32/h2-21H,1H3. The highest BCUT2D eigenvalue weighted by molar-refractivity contribution is 6.23. The molecule has 0 spiro atoms. The highest BCUT2D eigenvalue weighted by Crippen LogP contribution is 2.45. The van der Waals surface area contributed by atoms with Crippen molar-refractivity contribution in [3.05, 3.63) is 127 Å². The van der Waals surface area contributed by atoms with Gasteiger partial charge in [0, 0.05) is 33.6 Å². The molecule has 0 amide bonds. The minimum absolute atomic E-state index is 0.901. The van der Waals surface area contributed by atoms with Crippen LogP contribution in [0, 0.1) is 6.92 Å². The van der Waals surface area contributed by atoms with Gasteiger partial charge in [0.1, 0.15) is 11.2 Å². The van der Waals surface area contributed by atoms with Gasteiger partial charge in [-0.3, -0.25) is 0 Å². The first kappa shape index (κ1) is 19.9. The Hall–Kier alpha value is -4.56. The van der Waals surface area contributed by atoms with Crippen molar-refractivity contribution >= 4 is 60.5 Å².